The van der Waals surface area contributed by atoms with Gasteiger partial charge in [0.25, 0.3) is 0 Å². The number of nitrogens with zero attached hydrogens (tertiary/aromatic N) is 6. The van der Waals surface area contributed by atoms with Crippen LogP contribution in [0.3, 0.4) is 0 Å². The molecule has 4 aromatic rings. The second kappa shape index (κ2) is 9.70. The lowest BCUT2D eigenvalue weighted by Gasteiger charge is -2.39. The van der Waals surface area contributed by atoms with Gasteiger partial charge in [0.1, 0.15) is 6.07 Å². The number of anilines is 2. The Hall–Kier alpha value is -4.45. The van der Waals surface area contributed by atoms with Gasteiger partial charge in [-0.1, -0.05) is 18.2 Å². The molecule has 0 saturated carbocycles. The summed E-state index contributed by atoms with van der Waals surface area (Å²) in [5.74, 6) is 0.0700. The average molecular weight is 522 g/mol. The van der Waals surface area contributed by atoms with Crippen LogP contribution in [0.25, 0.3) is 11.0 Å². The topological polar surface area (TPSA) is 120 Å². The summed E-state index contributed by atoms with van der Waals surface area (Å²) in [5, 5.41) is 27.8. The lowest BCUT2D eigenvalue weighted by molar-refractivity contribution is 0.0698. The number of aryl methyl sites for hydroxylation is 2. The van der Waals surface area contributed by atoms with Gasteiger partial charge >= 0.3 is 5.97 Å². The van der Waals surface area contributed by atoms with Crippen LogP contribution >= 0.6 is 0 Å². The van der Waals surface area contributed by atoms with Crippen molar-refractivity contribution in [1.29, 1.82) is 5.26 Å². The highest BCUT2D eigenvalue weighted by Gasteiger charge is 2.43. The SMILES string of the molecule is Cc1cc([C@@H](C)Nc2ccccc2C(=O)O)c2nc(N3C4CCC3CC(c3ccn(C)n3)C4)c(C#N)nc2c1. The molecule has 0 radical (unpaired) electrons. The largest absolute Gasteiger partial charge is 0.478 e. The van der Waals surface area contributed by atoms with E-state index in [1.807, 2.05) is 43.9 Å². The van der Waals surface area contributed by atoms with E-state index in [0.29, 0.717) is 28.6 Å². The smallest absolute Gasteiger partial charge is 0.337 e. The summed E-state index contributed by atoms with van der Waals surface area (Å²) in [4.78, 5) is 24.1. The van der Waals surface area contributed by atoms with Crippen molar-refractivity contribution in [3.63, 3.8) is 0 Å². The summed E-state index contributed by atoms with van der Waals surface area (Å²) < 4.78 is 1.86. The third kappa shape index (κ3) is 4.46. The molecule has 4 heterocycles. The molecule has 2 bridgehead atoms. The van der Waals surface area contributed by atoms with Crippen molar-refractivity contribution in [2.45, 2.75) is 63.6 Å². The fourth-order valence-electron chi connectivity index (χ4n) is 6.43. The van der Waals surface area contributed by atoms with E-state index < -0.39 is 5.97 Å². The van der Waals surface area contributed by atoms with Crippen molar-refractivity contribution < 1.29 is 9.90 Å². The van der Waals surface area contributed by atoms with E-state index >= 15 is 0 Å². The van der Waals surface area contributed by atoms with Gasteiger partial charge in [-0.3, -0.25) is 4.68 Å². The Morgan fingerprint density at radius 3 is 2.56 bits per heavy atom. The van der Waals surface area contributed by atoms with Crippen LogP contribution in [0.15, 0.2) is 48.7 Å². The second-order valence-electron chi connectivity index (χ2n) is 10.8. The van der Waals surface area contributed by atoms with Crippen LogP contribution in [0.4, 0.5) is 11.5 Å². The number of para-hydroxylation sites is 1. The third-order valence-corrected chi connectivity index (χ3v) is 8.16. The molecule has 0 aliphatic carbocycles. The average Bonchev–Trinajstić information content (AvgIpc) is 3.47. The first kappa shape index (κ1) is 24.9. The number of carbonyl (C=O) groups is 1. The zero-order chi connectivity index (χ0) is 27.3. The van der Waals surface area contributed by atoms with Gasteiger partial charge in [0.05, 0.1) is 28.3 Å². The summed E-state index contributed by atoms with van der Waals surface area (Å²) in [6.07, 6.45) is 6.07. The second-order valence-corrected chi connectivity index (χ2v) is 10.8. The minimum atomic E-state index is -0.982. The van der Waals surface area contributed by atoms with E-state index in [1.54, 1.807) is 18.2 Å². The standard InChI is InChI=1S/C30H31N7O2/c1-17-12-23(18(2)32-25-7-5-4-6-22(25)30(38)39)28-26(13-17)33-27(16-31)29(34-28)37-20-8-9-21(37)15-19(14-20)24-10-11-36(3)35-24/h4-7,10-13,18-21,32H,8-9,14-15H2,1-3H3,(H,38,39)/t18-,19?,20?,21?/m1/s1. The quantitative estimate of drug-likeness (QED) is 0.349. The highest BCUT2D eigenvalue weighted by atomic mass is 16.4. The molecule has 2 aromatic carbocycles. The Bertz CT molecular complexity index is 1610. The van der Waals surface area contributed by atoms with Crippen molar-refractivity contribution in [1.82, 2.24) is 19.7 Å². The molecule has 2 fully saturated rings. The molecule has 2 aliphatic heterocycles. The summed E-state index contributed by atoms with van der Waals surface area (Å²) in [6, 6.07) is 15.7. The van der Waals surface area contributed by atoms with Crippen LogP contribution in [0.2, 0.25) is 0 Å². The predicted octanol–water partition coefficient (Wildman–Crippen LogP) is 5.33. The number of piperidine rings is 1. The molecule has 2 aliphatic rings. The van der Waals surface area contributed by atoms with Gasteiger partial charge in [-0.05, 0) is 69.4 Å². The molecular weight excluding hydrogens is 490 g/mol. The monoisotopic (exact) mass is 521 g/mol. The van der Waals surface area contributed by atoms with Crippen LogP contribution in [0.5, 0.6) is 0 Å². The molecule has 0 amide bonds. The number of benzene rings is 2. The summed E-state index contributed by atoms with van der Waals surface area (Å²) in [5.41, 5.74) is 5.56. The highest BCUT2D eigenvalue weighted by molar-refractivity contribution is 5.94. The molecular formula is C30H31N7O2. The maximum absolute atomic E-state index is 11.8. The fraction of sp³-hybridized carbons (Fsp3) is 0.367. The first-order valence-electron chi connectivity index (χ1n) is 13.4. The number of nitrogens with one attached hydrogen (secondary N) is 1. The Morgan fingerprint density at radius 1 is 1.15 bits per heavy atom. The normalized spacial score (nSPS) is 21.1. The van der Waals surface area contributed by atoms with Crippen molar-refractivity contribution in [2.24, 2.45) is 7.05 Å². The minimum Gasteiger partial charge on any atom is -0.478 e. The van der Waals surface area contributed by atoms with Crippen LogP contribution in [-0.4, -0.2) is 42.9 Å². The van der Waals surface area contributed by atoms with E-state index in [2.05, 4.69) is 33.5 Å². The summed E-state index contributed by atoms with van der Waals surface area (Å²) in [6.45, 7) is 3.99. The van der Waals surface area contributed by atoms with Crippen molar-refractivity contribution in [3.05, 3.63) is 76.7 Å². The molecule has 9 heteroatoms. The molecule has 0 spiro atoms. The number of carboxylic acids is 1. The van der Waals surface area contributed by atoms with Gasteiger partial charge in [-0.25, -0.2) is 14.8 Å². The first-order valence-corrected chi connectivity index (χ1v) is 13.4. The molecule has 6 rings (SSSR count). The van der Waals surface area contributed by atoms with Crippen molar-refractivity contribution in [2.75, 3.05) is 10.2 Å². The number of hydrogen-bond donors (Lipinski definition) is 2. The van der Waals surface area contributed by atoms with E-state index in [9.17, 15) is 15.2 Å². The van der Waals surface area contributed by atoms with Gasteiger partial charge in [0.2, 0.25) is 0 Å². The molecule has 3 atom stereocenters. The molecule has 2 aromatic heterocycles. The Kier molecular flexibility index (Phi) is 6.18. The van der Waals surface area contributed by atoms with E-state index in [-0.39, 0.29) is 23.7 Å². The molecule has 2 saturated heterocycles. The molecule has 2 N–H and O–H groups in total. The van der Waals surface area contributed by atoms with Crippen LogP contribution < -0.4 is 10.2 Å². The number of rotatable bonds is 6. The lowest BCUT2D eigenvalue weighted by atomic mass is 9.88. The Labute approximate surface area is 227 Å². The number of nitriles is 1. The van der Waals surface area contributed by atoms with Gasteiger partial charge in [0, 0.05) is 42.5 Å². The highest BCUT2D eigenvalue weighted by Crippen LogP contribution is 2.45. The minimum absolute atomic E-state index is 0.215. The van der Waals surface area contributed by atoms with Gasteiger partial charge in [-0.15, -0.1) is 0 Å². The number of aromatic nitrogens is 4. The predicted molar refractivity (Wildman–Crippen MR) is 149 cm³/mol. The van der Waals surface area contributed by atoms with Gasteiger partial charge in [0.15, 0.2) is 11.5 Å². The van der Waals surface area contributed by atoms with E-state index in [4.69, 9.17) is 9.97 Å². The lowest BCUT2D eigenvalue weighted by Crippen LogP contribution is -2.43. The van der Waals surface area contributed by atoms with Crippen LogP contribution in [0.1, 0.15) is 77.4 Å². The van der Waals surface area contributed by atoms with E-state index in [1.165, 1.54) is 0 Å². The van der Waals surface area contributed by atoms with Crippen LogP contribution in [0, 0.1) is 18.3 Å². The van der Waals surface area contributed by atoms with Gasteiger partial charge < -0.3 is 15.3 Å². The summed E-state index contributed by atoms with van der Waals surface area (Å²) >= 11 is 0. The molecule has 9 nitrogen and oxygen atoms in total. The Morgan fingerprint density at radius 2 is 1.90 bits per heavy atom. The zero-order valence-corrected chi connectivity index (χ0v) is 22.3. The maximum Gasteiger partial charge on any atom is 0.337 e. The number of hydrogen-bond acceptors (Lipinski definition) is 7. The number of fused-ring (bicyclic) bond motifs is 3. The van der Waals surface area contributed by atoms with Crippen molar-refractivity contribution >= 4 is 28.5 Å². The van der Waals surface area contributed by atoms with Crippen LogP contribution in [-0.2, 0) is 7.05 Å². The molecule has 39 heavy (non-hydrogen) atoms. The summed E-state index contributed by atoms with van der Waals surface area (Å²) in [7, 11) is 1.95. The maximum atomic E-state index is 11.8. The molecule has 2 unspecified atom stereocenters. The first-order chi connectivity index (χ1) is 18.8. The fourth-order valence-corrected chi connectivity index (χ4v) is 6.43. The number of carboxylic acid groups (broad SMARTS) is 1. The van der Waals surface area contributed by atoms with Gasteiger partial charge in [-0.2, -0.15) is 10.4 Å². The zero-order valence-electron chi connectivity index (χ0n) is 22.3. The van der Waals surface area contributed by atoms with E-state index in [0.717, 1.165) is 48.0 Å². The third-order valence-electron chi connectivity index (χ3n) is 8.16. The Balaban J connectivity index is 1.39. The van der Waals surface area contributed by atoms with Crippen molar-refractivity contribution in [3.8, 4) is 6.07 Å². The molecule has 198 valence electrons. The number of aromatic carboxylic acids is 1.